The van der Waals surface area contributed by atoms with Gasteiger partial charge in [0.1, 0.15) is 0 Å². The minimum Gasteiger partial charge on any atom is -0.360 e. The zero-order valence-corrected chi connectivity index (χ0v) is 20.8. The smallest absolute Gasteiger partial charge is 0.225 e. The van der Waals surface area contributed by atoms with Crippen molar-refractivity contribution in [2.24, 2.45) is 0 Å². The monoisotopic (exact) mass is 493 g/mol. The molecule has 5 aromatic rings. The third kappa shape index (κ3) is 5.45. The molecule has 172 valence electrons. The van der Waals surface area contributed by atoms with Crippen molar-refractivity contribution in [1.29, 1.82) is 0 Å². The molecule has 35 heavy (non-hydrogen) atoms. The van der Waals surface area contributed by atoms with Crippen LogP contribution in [-0.2, 0) is 6.42 Å². The number of hydrogen-bond donors (Lipinski definition) is 1. The topological polar surface area (TPSA) is 49.9 Å². The number of aromatic amines is 1. The fourth-order valence-corrected chi connectivity index (χ4v) is 7.92. The Morgan fingerprint density at radius 2 is 1.34 bits per heavy atom. The number of H-pyrrole nitrogens is 1. The van der Waals surface area contributed by atoms with Gasteiger partial charge < -0.3 is 4.98 Å². The Morgan fingerprint density at radius 3 is 1.97 bits per heavy atom. The highest BCUT2D eigenvalue weighted by molar-refractivity contribution is 8.18. The number of carbonyl (C=O) groups excluding carboxylic acids is 1. The molecule has 0 fully saturated rings. The number of thioether (sulfide) groups is 1. The molecule has 4 aromatic carbocycles. The lowest BCUT2D eigenvalue weighted by Gasteiger charge is -2.18. The van der Waals surface area contributed by atoms with Crippen molar-refractivity contribution < 1.29 is 4.79 Å². The molecule has 0 aliphatic heterocycles. The quantitative estimate of drug-likeness (QED) is 0.280. The SMILES string of the molecule is O=C(SCP(c1ccccc1)c1ccccc1)c1c[nH]c2ccc(Cc3ccccc3)cc2c1=O. The summed E-state index contributed by atoms with van der Waals surface area (Å²) in [6.07, 6.45) is 2.30. The Morgan fingerprint density at radius 1 is 0.743 bits per heavy atom. The fraction of sp³-hybridized carbons (Fsp3) is 0.0667. The summed E-state index contributed by atoms with van der Waals surface area (Å²) in [5, 5.41) is 2.79. The average molecular weight is 494 g/mol. The lowest BCUT2D eigenvalue weighted by molar-refractivity contribution is 0.108. The molecule has 0 spiro atoms. The van der Waals surface area contributed by atoms with Crippen molar-refractivity contribution in [1.82, 2.24) is 4.98 Å². The number of pyridine rings is 1. The minimum atomic E-state index is -0.722. The van der Waals surface area contributed by atoms with E-state index in [0.717, 1.165) is 17.5 Å². The van der Waals surface area contributed by atoms with Gasteiger partial charge in [0.2, 0.25) is 10.5 Å². The summed E-state index contributed by atoms with van der Waals surface area (Å²) < 4.78 is 0. The number of hydrogen-bond acceptors (Lipinski definition) is 3. The van der Waals surface area contributed by atoms with Crippen LogP contribution in [0.4, 0.5) is 0 Å². The first-order valence-corrected chi connectivity index (χ1v) is 13.9. The molecule has 0 aliphatic rings. The van der Waals surface area contributed by atoms with Crippen molar-refractivity contribution in [3.05, 3.63) is 142 Å². The Balaban J connectivity index is 1.40. The molecule has 0 atom stereocenters. The molecule has 0 unspecified atom stereocenters. The maximum absolute atomic E-state index is 13.3. The predicted octanol–water partition coefficient (Wildman–Crippen LogP) is 6.08. The summed E-state index contributed by atoms with van der Waals surface area (Å²) in [6.45, 7) is 0. The number of carbonyl (C=O) groups is 1. The molecule has 1 aromatic heterocycles. The van der Waals surface area contributed by atoms with E-state index in [4.69, 9.17) is 0 Å². The summed E-state index contributed by atoms with van der Waals surface area (Å²) in [4.78, 5) is 29.7. The third-order valence-electron chi connectivity index (χ3n) is 5.88. The molecule has 0 bridgehead atoms. The first-order valence-electron chi connectivity index (χ1n) is 11.4. The van der Waals surface area contributed by atoms with Crippen LogP contribution in [0.3, 0.4) is 0 Å². The van der Waals surface area contributed by atoms with Crippen LogP contribution in [0.5, 0.6) is 0 Å². The second-order valence-corrected chi connectivity index (χ2v) is 11.8. The van der Waals surface area contributed by atoms with Crippen molar-refractivity contribution in [2.45, 2.75) is 6.42 Å². The molecule has 1 N–H and O–H groups in total. The third-order valence-corrected chi connectivity index (χ3v) is 9.75. The molecule has 0 radical (unpaired) electrons. The summed E-state index contributed by atoms with van der Waals surface area (Å²) in [7, 11) is -0.722. The van der Waals surface area contributed by atoms with Gasteiger partial charge in [-0.05, 0) is 48.2 Å². The standard InChI is InChI=1S/C30H24NO2PS/c32-29-26-19-23(18-22-10-4-1-5-11-22)16-17-28(26)31-20-27(29)30(33)35-21-34(24-12-6-2-7-13-24)25-14-8-3-9-15-25/h1-17,19-20H,18,21H2,(H,31,32). The van der Waals surface area contributed by atoms with Crippen molar-refractivity contribution >= 4 is 46.3 Å². The molecule has 0 amide bonds. The zero-order chi connectivity index (χ0) is 24.0. The predicted molar refractivity (Wildman–Crippen MR) is 150 cm³/mol. The van der Waals surface area contributed by atoms with Crippen LogP contribution < -0.4 is 16.0 Å². The van der Waals surface area contributed by atoms with Gasteiger partial charge in [-0.3, -0.25) is 9.59 Å². The van der Waals surface area contributed by atoms with Gasteiger partial charge in [0.05, 0.1) is 5.56 Å². The van der Waals surface area contributed by atoms with Crippen LogP contribution in [0, 0.1) is 0 Å². The van der Waals surface area contributed by atoms with Crippen molar-refractivity contribution in [3.8, 4) is 0 Å². The second kappa shape index (κ2) is 10.9. The molecule has 1 heterocycles. The number of nitrogens with one attached hydrogen (secondary N) is 1. The van der Waals surface area contributed by atoms with E-state index in [9.17, 15) is 9.59 Å². The molecule has 0 aliphatic carbocycles. The highest BCUT2D eigenvalue weighted by Gasteiger charge is 2.19. The number of aromatic nitrogens is 1. The molecule has 3 nitrogen and oxygen atoms in total. The van der Waals surface area contributed by atoms with Crippen LogP contribution in [0.25, 0.3) is 10.9 Å². The average Bonchev–Trinajstić information content (AvgIpc) is 2.91. The van der Waals surface area contributed by atoms with Gasteiger partial charge in [-0.1, -0.05) is 109 Å². The van der Waals surface area contributed by atoms with Crippen LogP contribution in [0.2, 0.25) is 0 Å². The normalized spacial score (nSPS) is 11.1. The lowest BCUT2D eigenvalue weighted by Crippen LogP contribution is -2.16. The van der Waals surface area contributed by atoms with E-state index in [2.05, 4.69) is 41.4 Å². The van der Waals surface area contributed by atoms with Crippen LogP contribution in [0.1, 0.15) is 21.5 Å². The maximum Gasteiger partial charge on any atom is 0.225 e. The van der Waals surface area contributed by atoms with E-state index >= 15 is 0 Å². The van der Waals surface area contributed by atoms with Gasteiger partial charge in [-0.15, -0.1) is 0 Å². The lowest BCUT2D eigenvalue weighted by atomic mass is 10.0. The molecule has 0 saturated heterocycles. The largest absolute Gasteiger partial charge is 0.360 e. The van der Waals surface area contributed by atoms with Crippen LogP contribution in [0.15, 0.2) is 120 Å². The Bertz CT molecular complexity index is 1460. The van der Waals surface area contributed by atoms with E-state index in [1.807, 2.05) is 72.8 Å². The van der Waals surface area contributed by atoms with Crippen molar-refractivity contribution in [2.75, 3.05) is 5.49 Å². The highest BCUT2D eigenvalue weighted by atomic mass is 32.2. The molecular weight excluding hydrogens is 469 g/mol. The molecule has 5 rings (SSSR count). The maximum atomic E-state index is 13.3. The number of benzene rings is 4. The summed E-state index contributed by atoms with van der Waals surface area (Å²) in [6, 6.07) is 36.6. The van der Waals surface area contributed by atoms with Crippen LogP contribution in [-0.4, -0.2) is 15.6 Å². The van der Waals surface area contributed by atoms with E-state index in [1.165, 1.54) is 27.9 Å². The first-order chi connectivity index (χ1) is 17.2. The van der Waals surface area contributed by atoms with Gasteiger partial charge in [0, 0.05) is 22.6 Å². The van der Waals surface area contributed by atoms with Gasteiger partial charge in [0.15, 0.2) is 0 Å². The zero-order valence-electron chi connectivity index (χ0n) is 19.1. The molecule has 0 saturated carbocycles. The van der Waals surface area contributed by atoms with E-state index < -0.39 is 7.92 Å². The summed E-state index contributed by atoms with van der Waals surface area (Å²) >= 11 is 1.23. The summed E-state index contributed by atoms with van der Waals surface area (Å²) in [5.74, 6) is 0. The van der Waals surface area contributed by atoms with E-state index in [-0.39, 0.29) is 16.1 Å². The fourth-order valence-electron chi connectivity index (χ4n) is 4.07. The highest BCUT2D eigenvalue weighted by Crippen LogP contribution is 2.38. The van der Waals surface area contributed by atoms with Crippen LogP contribution >= 0.6 is 19.7 Å². The molecule has 5 heteroatoms. The van der Waals surface area contributed by atoms with Gasteiger partial charge in [-0.2, -0.15) is 0 Å². The number of fused-ring (bicyclic) bond motifs is 1. The number of rotatable bonds is 7. The van der Waals surface area contributed by atoms with Gasteiger partial charge >= 0.3 is 0 Å². The first kappa shape index (κ1) is 23.3. The minimum absolute atomic E-state index is 0.194. The summed E-state index contributed by atoms with van der Waals surface area (Å²) in [5.41, 5.74) is 3.58. The van der Waals surface area contributed by atoms with E-state index in [1.54, 1.807) is 6.20 Å². The Kier molecular flexibility index (Phi) is 7.23. The van der Waals surface area contributed by atoms with E-state index in [0.29, 0.717) is 10.9 Å². The van der Waals surface area contributed by atoms with Crippen molar-refractivity contribution in [3.63, 3.8) is 0 Å². The molecular formula is C30H24NO2PS. The Labute approximate surface area is 210 Å². The Hall–Kier alpha value is -3.46. The second-order valence-electron chi connectivity index (χ2n) is 8.23. The van der Waals surface area contributed by atoms with Gasteiger partial charge in [-0.25, -0.2) is 0 Å². The van der Waals surface area contributed by atoms with Gasteiger partial charge in [0.25, 0.3) is 0 Å².